The molecule has 0 aliphatic rings. The Morgan fingerprint density at radius 3 is 2.89 bits per heavy atom. The van der Waals surface area contributed by atoms with E-state index in [0.29, 0.717) is 12.8 Å². The van der Waals surface area contributed by atoms with Crippen LogP contribution in [-0.4, -0.2) is 5.78 Å². The van der Waals surface area contributed by atoms with E-state index in [2.05, 4.69) is 18.4 Å². The van der Waals surface area contributed by atoms with Crippen LogP contribution in [0.5, 0.6) is 0 Å². The van der Waals surface area contributed by atoms with Crippen molar-refractivity contribution in [3.8, 4) is 11.8 Å². The monoisotopic (exact) mass is 122 g/mol. The Hall–Kier alpha value is -1.03. The molecule has 0 aliphatic heterocycles. The zero-order valence-electron chi connectivity index (χ0n) is 5.61. The van der Waals surface area contributed by atoms with Gasteiger partial charge in [-0.1, -0.05) is 18.4 Å². The average Bonchev–Trinajstić information content (AvgIpc) is 1.80. The zero-order valence-corrected chi connectivity index (χ0v) is 5.61. The van der Waals surface area contributed by atoms with Crippen LogP contribution in [0, 0.1) is 11.8 Å². The first kappa shape index (κ1) is 7.97. The summed E-state index contributed by atoms with van der Waals surface area (Å²) < 4.78 is 0. The molecule has 0 saturated carbocycles. The fourth-order valence-corrected chi connectivity index (χ4v) is 0.383. The summed E-state index contributed by atoms with van der Waals surface area (Å²) in [7, 11) is 0. The van der Waals surface area contributed by atoms with Gasteiger partial charge < -0.3 is 0 Å². The van der Waals surface area contributed by atoms with E-state index in [4.69, 9.17) is 0 Å². The number of allylic oxidation sites excluding steroid dienone is 1. The van der Waals surface area contributed by atoms with Gasteiger partial charge in [-0.15, -0.1) is 0 Å². The highest BCUT2D eigenvalue weighted by molar-refractivity contribution is 5.75. The van der Waals surface area contributed by atoms with Crippen LogP contribution in [0.15, 0.2) is 12.7 Å². The van der Waals surface area contributed by atoms with Gasteiger partial charge in [0.1, 0.15) is 5.78 Å². The molecule has 9 heavy (non-hydrogen) atoms. The molecule has 0 bridgehead atoms. The Bertz CT molecular complexity index is 157. The highest BCUT2D eigenvalue weighted by atomic mass is 16.1. The fraction of sp³-hybridized carbons (Fsp3) is 0.375. The van der Waals surface area contributed by atoms with Crippen molar-refractivity contribution in [1.82, 2.24) is 0 Å². The molecule has 0 atom stereocenters. The van der Waals surface area contributed by atoms with Crippen molar-refractivity contribution in [3.05, 3.63) is 12.7 Å². The van der Waals surface area contributed by atoms with Crippen LogP contribution in [0.4, 0.5) is 0 Å². The zero-order chi connectivity index (χ0) is 7.11. The molecular formula is C8H10O. The molecule has 0 spiro atoms. The summed E-state index contributed by atoms with van der Waals surface area (Å²) in [5.74, 6) is 5.63. The molecule has 0 fully saturated rings. The van der Waals surface area contributed by atoms with Crippen molar-refractivity contribution in [1.29, 1.82) is 0 Å². The maximum absolute atomic E-state index is 10.3. The Morgan fingerprint density at radius 2 is 2.44 bits per heavy atom. The van der Waals surface area contributed by atoms with Crippen LogP contribution in [0.25, 0.3) is 0 Å². The number of hydrogen-bond donors (Lipinski definition) is 0. The fourth-order valence-electron chi connectivity index (χ4n) is 0.383. The highest BCUT2D eigenvalue weighted by Crippen LogP contribution is 1.86. The molecule has 0 amide bonds. The predicted molar refractivity (Wildman–Crippen MR) is 37.9 cm³/mol. The smallest absolute Gasteiger partial charge is 0.130 e. The van der Waals surface area contributed by atoms with E-state index in [-0.39, 0.29) is 5.78 Å². The summed E-state index contributed by atoms with van der Waals surface area (Å²) in [4.78, 5) is 10.3. The van der Waals surface area contributed by atoms with Gasteiger partial charge in [-0.3, -0.25) is 4.79 Å². The molecule has 1 heteroatoms. The molecule has 0 aromatic heterocycles. The van der Waals surface area contributed by atoms with E-state index >= 15 is 0 Å². The molecule has 0 N–H and O–H groups in total. The Morgan fingerprint density at radius 1 is 1.78 bits per heavy atom. The molecule has 1 nitrogen and oxygen atoms in total. The molecule has 48 valence electrons. The largest absolute Gasteiger partial charge is 0.300 e. The lowest BCUT2D eigenvalue weighted by Crippen LogP contribution is -1.86. The van der Waals surface area contributed by atoms with Crippen LogP contribution in [-0.2, 0) is 4.79 Å². The molecule has 0 aliphatic carbocycles. The van der Waals surface area contributed by atoms with Gasteiger partial charge in [0.05, 0.1) is 0 Å². The van der Waals surface area contributed by atoms with Crippen molar-refractivity contribution in [2.24, 2.45) is 0 Å². The van der Waals surface area contributed by atoms with Gasteiger partial charge in [0.15, 0.2) is 0 Å². The first-order valence-electron chi connectivity index (χ1n) is 2.86. The number of Topliss-reactive ketones (excluding diaryl/α,β-unsaturated/α-hetero) is 1. The summed E-state index contributed by atoms with van der Waals surface area (Å²) in [6, 6.07) is 0. The Balaban J connectivity index is 3.29. The lowest BCUT2D eigenvalue weighted by molar-refractivity contribution is -0.116. The van der Waals surface area contributed by atoms with Crippen LogP contribution < -0.4 is 0 Å². The minimum absolute atomic E-state index is 0.188. The van der Waals surface area contributed by atoms with Crippen LogP contribution in [0.2, 0.25) is 0 Å². The van der Waals surface area contributed by atoms with Gasteiger partial charge in [0.2, 0.25) is 0 Å². The van der Waals surface area contributed by atoms with Crippen molar-refractivity contribution < 1.29 is 4.79 Å². The summed E-state index contributed by atoms with van der Waals surface area (Å²) in [6.07, 6.45) is 2.74. The second-order valence-electron chi connectivity index (χ2n) is 1.73. The van der Waals surface area contributed by atoms with Crippen molar-refractivity contribution in [2.45, 2.75) is 19.8 Å². The van der Waals surface area contributed by atoms with Crippen molar-refractivity contribution in [3.63, 3.8) is 0 Å². The number of ketones is 1. The van der Waals surface area contributed by atoms with E-state index in [1.54, 1.807) is 6.92 Å². The molecular weight excluding hydrogens is 112 g/mol. The van der Waals surface area contributed by atoms with Crippen LogP contribution >= 0.6 is 0 Å². The summed E-state index contributed by atoms with van der Waals surface area (Å²) in [5.41, 5.74) is 0. The summed E-state index contributed by atoms with van der Waals surface area (Å²) in [6.45, 7) is 4.98. The molecule has 0 rings (SSSR count). The van der Waals surface area contributed by atoms with E-state index in [9.17, 15) is 4.79 Å². The molecule has 0 aromatic rings. The van der Waals surface area contributed by atoms with E-state index in [0.717, 1.165) is 0 Å². The Labute approximate surface area is 55.8 Å². The molecule has 0 saturated heterocycles. The minimum Gasteiger partial charge on any atom is -0.300 e. The van der Waals surface area contributed by atoms with Gasteiger partial charge >= 0.3 is 0 Å². The van der Waals surface area contributed by atoms with Gasteiger partial charge in [-0.05, 0) is 13.0 Å². The first-order valence-corrected chi connectivity index (χ1v) is 2.86. The Kier molecular flexibility index (Phi) is 4.53. The summed E-state index contributed by atoms with van der Waals surface area (Å²) >= 11 is 0. The van der Waals surface area contributed by atoms with Gasteiger partial charge in [-0.25, -0.2) is 0 Å². The lowest BCUT2D eigenvalue weighted by Gasteiger charge is -1.81. The quantitative estimate of drug-likeness (QED) is 0.508. The molecule has 0 radical (unpaired) electrons. The average molecular weight is 122 g/mol. The number of carbonyl (C=O) groups excluding carboxylic acids is 1. The summed E-state index contributed by atoms with van der Waals surface area (Å²) in [5, 5.41) is 0. The molecule has 0 aromatic carbocycles. The minimum atomic E-state index is 0.188. The van der Waals surface area contributed by atoms with Crippen molar-refractivity contribution in [2.75, 3.05) is 0 Å². The van der Waals surface area contributed by atoms with Gasteiger partial charge in [0.25, 0.3) is 0 Å². The van der Waals surface area contributed by atoms with Crippen LogP contribution in [0.1, 0.15) is 19.8 Å². The predicted octanol–water partition coefficient (Wildman–Crippen LogP) is 1.54. The van der Waals surface area contributed by atoms with E-state index in [1.165, 1.54) is 6.08 Å². The standard InChI is InChI=1S/C8H10O/c1-3-4-5-6-7-8(2)9/h3H,1,6-7H2,2H3. The number of rotatable bonds is 2. The van der Waals surface area contributed by atoms with E-state index in [1.807, 2.05) is 0 Å². The van der Waals surface area contributed by atoms with E-state index < -0.39 is 0 Å². The normalized spacial score (nSPS) is 7.22. The van der Waals surface area contributed by atoms with Crippen LogP contribution in [0.3, 0.4) is 0 Å². The lowest BCUT2D eigenvalue weighted by atomic mass is 10.2. The number of hydrogen-bond acceptors (Lipinski definition) is 1. The van der Waals surface area contributed by atoms with Gasteiger partial charge in [-0.2, -0.15) is 0 Å². The topological polar surface area (TPSA) is 17.1 Å². The third kappa shape index (κ3) is 6.97. The maximum atomic E-state index is 10.3. The van der Waals surface area contributed by atoms with Gasteiger partial charge in [0, 0.05) is 12.8 Å². The number of carbonyl (C=O) groups is 1. The third-order valence-electron chi connectivity index (χ3n) is 0.806. The first-order chi connectivity index (χ1) is 4.27. The molecule has 0 heterocycles. The third-order valence-corrected chi connectivity index (χ3v) is 0.806. The second-order valence-corrected chi connectivity index (χ2v) is 1.73. The second kappa shape index (κ2) is 5.11. The molecule has 0 unspecified atom stereocenters. The van der Waals surface area contributed by atoms with Crippen molar-refractivity contribution >= 4 is 5.78 Å². The highest BCUT2D eigenvalue weighted by Gasteiger charge is 1.86. The maximum Gasteiger partial charge on any atom is 0.130 e. The SMILES string of the molecule is C=CC#CCCC(C)=O.